The van der Waals surface area contributed by atoms with Crippen LogP contribution < -0.4 is 5.32 Å². The molecule has 0 spiro atoms. The van der Waals surface area contributed by atoms with Crippen LogP contribution in [0.2, 0.25) is 0 Å². The van der Waals surface area contributed by atoms with Gasteiger partial charge in [0.05, 0.1) is 0 Å². The summed E-state index contributed by atoms with van der Waals surface area (Å²) in [7, 11) is 0. The number of pyridine rings is 1. The summed E-state index contributed by atoms with van der Waals surface area (Å²) in [4.78, 5) is 16.2. The smallest absolute Gasteiger partial charge is 0.339 e. The van der Waals surface area contributed by atoms with Crippen molar-refractivity contribution >= 4 is 11.8 Å². The van der Waals surface area contributed by atoms with Gasteiger partial charge in [-0.15, -0.1) is 0 Å². The maximum atomic E-state index is 11.5. The molecule has 0 atom stereocenters. The maximum absolute atomic E-state index is 11.5. The third kappa shape index (κ3) is 3.20. The SMILES string of the molecule is CC1CCC(Nc2nc3c(cc2C(=O)O)CCCC3)CC1. The van der Waals surface area contributed by atoms with E-state index in [1.165, 1.54) is 12.8 Å². The predicted octanol–water partition coefficient (Wildman–Crippen LogP) is 3.65. The van der Waals surface area contributed by atoms with E-state index in [1.54, 1.807) is 0 Å². The van der Waals surface area contributed by atoms with E-state index in [9.17, 15) is 9.90 Å². The summed E-state index contributed by atoms with van der Waals surface area (Å²) in [5.74, 6) is 0.503. The fourth-order valence-corrected chi connectivity index (χ4v) is 3.50. The first-order valence-electron chi connectivity index (χ1n) is 8.16. The van der Waals surface area contributed by atoms with E-state index in [0.717, 1.165) is 55.7 Å². The topological polar surface area (TPSA) is 62.2 Å². The number of carboxylic acid groups (broad SMARTS) is 1. The molecule has 0 amide bonds. The highest BCUT2D eigenvalue weighted by molar-refractivity contribution is 5.93. The molecule has 4 heteroatoms. The maximum Gasteiger partial charge on any atom is 0.339 e. The average Bonchev–Trinajstić information content (AvgIpc) is 2.48. The van der Waals surface area contributed by atoms with E-state index in [2.05, 4.69) is 17.2 Å². The predicted molar refractivity (Wildman–Crippen MR) is 82.9 cm³/mol. The Hall–Kier alpha value is -1.58. The van der Waals surface area contributed by atoms with Crippen molar-refractivity contribution in [2.24, 2.45) is 5.92 Å². The molecule has 0 radical (unpaired) electrons. The number of fused-ring (bicyclic) bond motifs is 1. The minimum atomic E-state index is -0.873. The Morgan fingerprint density at radius 1 is 1.24 bits per heavy atom. The lowest BCUT2D eigenvalue weighted by Gasteiger charge is -2.28. The highest BCUT2D eigenvalue weighted by atomic mass is 16.4. The van der Waals surface area contributed by atoms with Crippen molar-refractivity contribution < 1.29 is 9.90 Å². The molecule has 0 saturated heterocycles. The normalized spacial score (nSPS) is 25.2. The first-order valence-corrected chi connectivity index (χ1v) is 8.16. The molecule has 2 N–H and O–H groups in total. The molecule has 1 heterocycles. The Labute approximate surface area is 126 Å². The van der Waals surface area contributed by atoms with Gasteiger partial charge in [0.1, 0.15) is 11.4 Å². The van der Waals surface area contributed by atoms with Gasteiger partial charge in [0.15, 0.2) is 0 Å². The number of carboxylic acids is 1. The van der Waals surface area contributed by atoms with E-state index in [0.29, 0.717) is 17.4 Å². The van der Waals surface area contributed by atoms with Crippen LogP contribution in [-0.2, 0) is 12.8 Å². The van der Waals surface area contributed by atoms with Gasteiger partial charge in [-0.1, -0.05) is 6.92 Å². The van der Waals surface area contributed by atoms with Crippen LogP contribution in [0.3, 0.4) is 0 Å². The molecule has 1 fully saturated rings. The fraction of sp³-hybridized carbons (Fsp3) is 0.647. The van der Waals surface area contributed by atoms with Crippen LogP contribution in [0, 0.1) is 5.92 Å². The minimum Gasteiger partial charge on any atom is -0.478 e. The van der Waals surface area contributed by atoms with Crippen molar-refractivity contribution in [1.82, 2.24) is 4.98 Å². The molecular weight excluding hydrogens is 264 g/mol. The number of hydrogen-bond donors (Lipinski definition) is 2. The highest BCUT2D eigenvalue weighted by Crippen LogP contribution is 2.29. The van der Waals surface area contributed by atoms with Crippen molar-refractivity contribution in [3.8, 4) is 0 Å². The molecular formula is C17H24N2O2. The number of nitrogens with zero attached hydrogens (tertiary/aromatic N) is 1. The summed E-state index contributed by atoms with van der Waals surface area (Å²) in [6.45, 7) is 2.29. The second kappa shape index (κ2) is 6.04. The van der Waals surface area contributed by atoms with Crippen LogP contribution in [-0.4, -0.2) is 22.1 Å². The highest BCUT2D eigenvalue weighted by Gasteiger charge is 2.23. The van der Waals surface area contributed by atoms with Crippen LogP contribution in [0.5, 0.6) is 0 Å². The van der Waals surface area contributed by atoms with E-state index in [1.807, 2.05) is 6.07 Å². The molecule has 1 saturated carbocycles. The molecule has 0 bridgehead atoms. The van der Waals surface area contributed by atoms with Crippen molar-refractivity contribution in [3.05, 3.63) is 22.9 Å². The zero-order chi connectivity index (χ0) is 14.8. The van der Waals surface area contributed by atoms with Gasteiger partial charge in [0.25, 0.3) is 0 Å². The number of aromatic nitrogens is 1. The lowest BCUT2D eigenvalue weighted by Crippen LogP contribution is -2.27. The lowest BCUT2D eigenvalue weighted by atomic mass is 9.87. The summed E-state index contributed by atoms with van der Waals surface area (Å²) in [5, 5.41) is 12.9. The van der Waals surface area contributed by atoms with E-state index >= 15 is 0 Å². The third-order valence-corrected chi connectivity index (χ3v) is 4.89. The first-order chi connectivity index (χ1) is 10.1. The number of anilines is 1. The van der Waals surface area contributed by atoms with Gasteiger partial charge < -0.3 is 10.4 Å². The monoisotopic (exact) mass is 288 g/mol. The van der Waals surface area contributed by atoms with Gasteiger partial charge >= 0.3 is 5.97 Å². The molecule has 21 heavy (non-hydrogen) atoms. The zero-order valence-corrected chi connectivity index (χ0v) is 12.7. The second-order valence-electron chi connectivity index (χ2n) is 6.60. The quantitative estimate of drug-likeness (QED) is 0.891. The Morgan fingerprint density at radius 2 is 1.95 bits per heavy atom. The number of aryl methyl sites for hydroxylation is 2. The van der Waals surface area contributed by atoms with Crippen molar-refractivity contribution in [2.75, 3.05) is 5.32 Å². The second-order valence-corrected chi connectivity index (χ2v) is 6.60. The molecule has 0 unspecified atom stereocenters. The Bertz CT molecular complexity index is 534. The summed E-state index contributed by atoms with van der Waals surface area (Å²) in [6.07, 6.45) is 8.89. The van der Waals surface area contributed by atoms with Gasteiger partial charge in [-0.25, -0.2) is 9.78 Å². The molecule has 1 aromatic rings. The van der Waals surface area contributed by atoms with Crippen molar-refractivity contribution in [3.63, 3.8) is 0 Å². The number of rotatable bonds is 3. The van der Waals surface area contributed by atoms with Crippen LogP contribution in [0.1, 0.15) is 67.1 Å². The van der Waals surface area contributed by atoms with Crippen LogP contribution >= 0.6 is 0 Å². The van der Waals surface area contributed by atoms with Crippen LogP contribution in [0.25, 0.3) is 0 Å². The van der Waals surface area contributed by atoms with E-state index < -0.39 is 5.97 Å². The third-order valence-electron chi connectivity index (χ3n) is 4.89. The average molecular weight is 288 g/mol. The van der Waals surface area contributed by atoms with Gasteiger partial charge in [-0.3, -0.25) is 0 Å². The summed E-state index contributed by atoms with van der Waals surface area (Å²) >= 11 is 0. The standard InChI is InChI=1S/C17H24N2O2/c1-11-6-8-13(9-7-11)18-16-14(17(20)21)10-12-4-2-3-5-15(12)19-16/h10-11,13H,2-9H2,1H3,(H,18,19)(H,20,21). The van der Waals surface area contributed by atoms with Gasteiger partial charge in [0, 0.05) is 11.7 Å². The lowest BCUT2D eigenvalue weighted by molar-refractivity contribution is 0.0697. The van der Waals surface area contributed by atoms with Crippen LogP contribution in [0.15, 0.2) is 6.07 Å². The molecule has 0 aliphatic heterocycles. The summed E-state index contributed by atoms with van der Waals surface area (Å²) in [6, 6.07) is 2.21. The summed E-state index contributed by atoms with van der Waals surface area (Å²) < 4.78 is 0. The molecule has 4 nitrogen and oxygen atoms in total. The van der Waals surface area contributed by atoms with Gasteiger partial charge in [0.2, 0.25) is 0 Å². The molecule has 2 aliphatic carbocycles. The zero-order valence-electron chi connectivity index (χ0n) is 12.7. The summed E-state index contributed by atoms with van der Waals surface area (Å²) in [5.41, 5.74) is 2.56. The Balaban J connectivity index is 1.84. The molecule has 2 aliphatic rings. The van der Waals surface area contributed by atoms with E-state index in [4.69, 9.17) is 0 Å². The van der Waals surface area contributed by atoms with Gasteiger partial charge in [-0.2, -0.15) is 0 Å². The molecule has 0 aromatic carbocycles. The number of hydrogen-bond acceptors (Lipinski definition) is 3. The fourth-order valence-electron chi connectivity index (χ4n) is 3.50. The Kier molecular flexibility index (Phi) is 4.13. The number of nitrogens with one attached hydrogen (secondary N) is 1. The van der Waals surface area contributed by atoms with E-state index in [-0.39, 0.29) is 0 Å². The number of aromatic carboxylic acids is 1. The number of carbonyl (C=O) groups is 1. The molecule has 114 valence electrons. The van der Waals surface area contributed by atoms with Crippen molar-refractivity contribution in [1.29, 1.82) is 0 Å². The van der Waals surface area contributed by atoms with Crippen molar-refractivity contribution in [2.45, 2.75) is 64.3 Å². The van der Waals surface area contributed by atoms with Crippen LogP contribution in [0.4, 0.5) is 5.82 Å². The largest absolute Gasteiger partial charge is 0.478 e. The minimum absolute atomic E-state index is 0.342. The Morgan fingerprint density at radius 3 is 2.67 bits per heavy atom. The first kappa shape index (κ1) is 14.4. The molecule has 1 aromatic heterocycles. The van der Waals surface area contributed by atoms with Gasteiger partial charge in [-0.05, 0) is 68.9 Å². The molecule has 3 rings (SSSR count).